The zero-order valence-electron chi connectivity index (χ0n) is 8.65. The SMILES string of the molecule is CC1=[C-]C(C)(C)C(C)=C1C.I.I.[Rh]. The van der Waals surface area contributed by atoms with Crippen molar-refractivity contribution in [2.24, 2.45) is 5.41 Å². The summed E-state index contributed by atoms with van der Waals surface area (Å²) in [6.45, 7) is 10.9. The van der Waals surface area contributed by atoms with Gasteiger partial charge in [0.15, 0.2) is 0 Å². The van der Waals surface area contributed by atoms with Crippen LogP contribution in [-0.4, -0.2) is 0 Å². The molecule has 3 heteroatoms. The minimum Gasteiger partial charge on any atom is -0.263 e. The first kappa shape index (κ1) is 20.0. The minimum absolute atomic E-state index is 0. The van der Waals surface area contributed by atoms with Gasteiger partial charge in [0, 0.05) is 19.5 Å². The fraction of sp³-hybridized carbons (Fsp3) is 0.600. The summed E-state index contributed by atoms with van der Waals surface area (Å²) in [6, 6.07) is 0. The normalized spacial score (nSPS) is 18.1. The summed E-state index contributed by atoms with van der Waals surface area (Å²) in [5, 5.41) is 0. The Morgan fingerprint density at radius 1 is 1.00 bits per heavy atom. The van der Waals surface area contributed by atoms with Crippen molar-refractivity contribution in [3.63, 3.8) is 0 Å². The maximum Gasteiger partial charge on any atom is 0 e. The van der Waals surface area contributed by atoms with E-state index >= 15 is 0 Å². The predicted octanol–water partition coefficient (Wildman–Crippen LogP) is 4.35. The van der Waals surface area contributed by atoms with Crippen molar-refractivity contribution in [3.8, 4) is 0 Å². The second-order valence-corrected chi connectivity index (χ2v) is 3.62. The Hall–Kier alpha value is 1.56. The number of rotatable bonds is 0. The Bertz CT molecular complexity index is 227. The van der Waals surface area contributed by atoms with Crippen LogP contribution in [0.15, 0.2) is 16.7 Å². The van der Waals surface area contributed by atoms with Gasteiger partial charge in [-0.25, -0.2) is 5.57 Å². The Kier molecular flexibility index (Phi) is 10.7. The van der Waals surface area contributed by atoms with E-state index in [0.717, 1.165) is 0 Å². The molecule has 0 spiro atoms. The molecule has 1 radical (unpaired) electrons. The van der Waals surface area contributed by atoms with Gasteiger partial charge in [-0.2, -0.15) is 11.1 Å². The molecule has 0 atom stereocenters. The van der Waals surface area contributed by atoms with E-state index < -0.39 is 0 Å². The van der Waals surface area contributed by atoms with Crippen LogP contribution in [0.4, 0.5) is 0 Å². The van der Waals surface area contributed by atoms with Gasteiger partial charge in [0.2, 0.25) is 0 Å². The largest absolute Gasteiger partial charge is 0.263 e. The van der Waals surface area contributed by atoms with E-state index in [-0.39, 0.29) is 72.8 Å². The quantitative estimate of drug-likeness (QED) is 0.267. The molecule has 0 aliphatic heterocycles. The van der Waals surface area contributed by atoms with Crippen molar-refractivity contribution in [1.29, 1.82) is 0 Å². The summed E-state index contributed by atoms with van der Waals surface area (Å²) in [5.74, 6) is 0. The smallest absolute Gasteiger partial charge is 0 e. The molecule has 0 N–H and O–H groups in total. The van der Waals surface area contributed by atoms with Crippen molar-refractivity contribution in [2.75, 3.05) is 0 Å². The van der Waals surface area contributed by atoms with Crippen LogP contribution in [0.5, 0.6) is 0 Å². The summed E-state index contributed by atoms with van der Waals surface area (Å²) < 4.78 is 0. The Balaban J connectivity index is -0.000000333. The average Bonchev–Trinajstić information content (AvgIpc) is 1.95. The molecule has 0 saturated heterocycles. The molecule has 0 nitrogen and oxygen atoms in total. The summed E-state index contributed by atoms with van der Waals surface area (Å²) in [6.07, 6.45) is 3.44. The summed E-state index contributed by atoms with van der Waals surface area (Å²) >= 11 is 0. The number of allylic oxidation sites excluding steroid dienone is 4. The Morgan fingerprint density at radius 2 is 1.38 bits per heavy atom. The maximum atomic E-state index is 3.44. The van der Waals surface area contributed by atoms with Crippen molar-refractivity contribution < 1.29 is 19.5 Å². The van der Waals surface area contributed by atoms with Crippen LogP contribution >= 0.6 is 48.0 Å². The first-order valence-electron chi connectivity index (χ1n) is 3.75. The van der Waals surface area contributed by atoms with Gasteiger partial charge in [0.1, 0.15) is 0 Å². The van der Waals surface area contributed by atoms with Gasteiger partial charge in [-0.05, 0) is 0 Å². The molecule has 0 unspecified atom stereocenters. The fourth-order valence-corrected chi connectivity index (χ4v) is 1.41. The molecule has 1 aliphatic carbocycles. The monoisotopic (exact) mass is 494 g/mol. The first-order valence-corrected chi connectivity index (χ1v) is 3.75. The molecule has 0 fully saturated rings. The van der Waals surface area contributed by atoms with Crippen molar-refractivity contribution in [3.05, 3.63) is 22.8 Å². The molecule has 0 amide bonds. The molecule has 0 saturated carbocycles. The van der Waals surface area contributed by atoms with E-state index in [0.29, 0.717) is 0 Å². The third kappa shape index (κ3) is 4.29. The zero-order chi connectivity index (χ0) is 7.94. The molecular weight excluding hydrogens is 477 g/mol. The fourth-order valence-electron chi connectivity index (χ4n) is 1.41. The topological polar surface area (TPSA) is 0 Å². The zero-order valence-corrected chi connectivity index (χ0v) is 14.9. The average molecular weight is 494 g/mol. The molecule has 0 aromatic heterocycles. The molecular formula is C10H17I2Rh-. The van der Waals surface area contributed by atoms with Crippen LogP contribution in [-0.2, 0) is 19.5 Å². The van der Waals surface area contributed by atoms with Crippen molar-refractivity contribution in [1.82, 2.24) is 0 Å². The van der Waals surface area contributed by atoms with E-state index in [2.05, 4.69) is 40.7 Å². The van der Waals surface area contributed by atoms with Gasteiger partial charge in [-0.3, -0.25) is 6.08 Å². The third-order valence-corrected chi connectivity index (χ3v) is 2.56. The van der Waals surface area contributed by atoms with Gasteiger partial charge < -0.3 is 0 Å². The first-order chi connectivity index (χ1) is 4.45. The van der Waals surface area contributed by atoms with Gasteiger partial charge >= 0.3 is 0 Å². The second kappa shape index (κ2) is 6.94. The van der Waals surface area contributed by atoms with Crippen LogP contribution in [0, 0.1) is 11.5 Å². The Labute approximate surface area is 129 Å². The van der Waals surface area contributed by atoms with Gasteiger partial charge in [0.05, 0.1) is 0 Å². The predicted molar refractivity (Wildman–Crippen MR) is 75.4 cm³/mol. The van der Waals surface area contributed by atoms with E-state index in [9.17, 15) is 0 Å². The van der Waals surface area contributed by atoms with Gasteiger partial charge in [-0.15, -0.1) is 54.9 Å². The van der Waals surface area contributed by atoms with Crippen LogP contribution in [0.25, 0.3) is 0 Å². The molecule has 0 aromatic rings. The maximum absolute atomic E-state index is 3.44. The van der Waals surface area contributed by atoms with Crippen LogP contribution < -0.4 is 0 Å². The molecule has 13 heavy (non-hydrogen) atoms. The summed E-state index contributed by atoms with van der Waals surface area (Å²) in [5.41, 5.74) is 4.39. The van der Waals surface area contributed by atoms with E-state index in [1.165, 1.54) is 16.7 Å². The number of halogens is 2. The number of hydrogen-bond acceptors (Lipinski definition) is 0. The number of hydrogen-bond donors (Lipinski definition) is 0. The third-order valence-electron chi connectivity index (χ3n) is 2.56. The minimum atomic E-state index is 0. The van der Waals surface area contributed by atoms with Crippen LogP contribution in [0.1, 0.15) is 34.6 Å². The van der Waals surface area contributed by atoms with E-state index in [4.69, 9.17) is 0 Å². The Morgan fingerprint density at radius 3 is 1.46 bits per heavy atom. The van der Waals surface area contributed by atoms with Crippen molar-refractivity contribution in [2.45, 2.75) is 34.6 Å². The van der Waals surface area contributed by atoms with E-state index in [1.807, 2.05) is 0 Å². The molecule has 0 bridgehead atoms. The summed E-state index contributed by atoms with van der Waals surface area (Å²) in [7, 11) is 0. The van der Waals surface area contributed by atoms with Crippen LogP contribution in [0.2, 0.25) is 0 Å². The summed E-state index contributed by atoms with van der Waals surface area (Å²) in [4.78, 5) is 0. The second-order valence-electron chi connectivity index (χ2n) is 3.62. The van der Waals surface area contributed by atoms with Crippen molar-refractivity contribution >= 4 is 48.0 Å². The molecule has 1 aliphatic rings. The molecule has 81 valence electrons. The van der Waals surface area contributed by atoms with Crippen LogP contribution in [0.3, 0.4) is 0 Å². The molecule has 1 rings (SSSR count). The van der Waals surface area contributed by atoms with Gasteiger partial charge in [-0.1, -0.05) is 33.1 Å². The molecule has 0 heterocycles. The van der Waals surface area contributed by atoms with Gasteiger partial charge in [0.25, 0.3) is 0 Å². The molecule has 0 aromatic carbocycles. The van der Waals surface area contributed by atoms with E-state index in [1.54, 1.807) is 0 Å². The standard InChI is InChI=1S/C10H15.2HI.Rh/c1-7-6-10(4,5)9(3)8(7)2;;;/h1-5H3;2*1H;/q-1;;;.